The lowest BCUT2D eigenvalue weighted by molar-refractivity contribution is 0.403. The molecule has 3 heteroatoms. The second-order valence-electron chi connectivity index (χ2n) is 35.2. The molecule has 0 fully saturated rings. The van der Waals surface area contributed by atoms with Crippen molar-refractivity contribution in [1.82, 2.24) is 15.0 Å². The molecule has 3 nitrogen and oxygen atoms in total. The second kappa shape index (κ2) is 21.8. The highest BCUT2D eigenvalue weighted by Gasteiger charge is 2.46. The van der Waals surface area contributed by atoms with Gasteiger partial charge in [0.25, 0.3) is 0 Å². The summed E-state index contributed by atoms with van der Waals surface area (Å²) < 4.78 is 0. The first-order valence-electron chi connectivity index (χ1n) is 34.3. The predicted molar refractivity (Wildman–Crippen MR) is 397 cm³/mol. The quantitative estimate of drug-likeness (QED) is 0.145. The summed E-state index contributed by atoms with van der Waals surface area (Å²) in [6.07, 6.45) is 9.12. The number of fused-ring (bicyclic) bond motifs is 3. The van der Waals surface area contributed by atoms with Crippen LogP contribution in [-0.4, -0.2) is 15.0 Å². The number of rotatable bonds is 9. The van der Waals surface area contributed by atoms with E-state index in [1.807, 2.05) is 18.6 Å². The molecular formula is C90H99N3. The molecule has 13 rings (SSSR count). The molecular weight excluding hydrogens is 1120 g/mol. The average molecular weight is 1220 g/mol. The van der Waals surface area contributed by atoms with E-state index in [1.165, 1.54) is 117 Å². The molecule has 0 N–H and O–H groups in total. The van der Waals surface area contributed by atoms with E-state index in [0.29, 0.717) is 0 Å². The SMILES string of the molecule is CC(C)(C)c1ccnc(-c2ccc(-c3cc4c(cc3-c3cc(-c5cc6c(cc5-c5ccc(-c7cc(C(C)(C)C)ccn7)cc5)C(C)(C)CC6(C)C)cc(-c5cc6c(cc5-c5ccc(-c7cc(C(C)(C)C)ccn7)cc5)C(C)(C)CC6(C)C)c3)C(C)(C)CC4(C)C)cc2)c1. The molecule has 10 aromatic rings. The molecule has 0 atom stereocenters. The predicted octanol–water partition coefficient (Wildman–Crippen LogP) is 24.6. The molecule has 0 spiro atoms. The number of benzene rings is 7. The summed E-state index contributed by atoms with van der Waals surface area (Å²) in [4.78, 5) is 14.8. The Kier molecular flexibility index (Phi) is 14.9. The van der Waals surface area contributed by atoms with Crippen LogP contribution in [0.3, 0.4) is 0 Å². The smallest absolute Gasteiger partial charge is 0.0704 e. The van der Waals surface area contributed by atoms with E-state index in [4.69, 9.17) is 15.0 Å². The maximum atomic E-state index is 4.94. The van der Waals surface area contributed by atoms with Crippen LogP contribution in [0.5, 0.6) is 0 Å². The average Bonchev–Trinajstić information content (AvgIpc) is 1.64. The van der Waals surface area contributed by atoms with Gasteiger partial charge in [-0.3, -0.25) is 15.0 Å². The molecule has 0 aliphatic heterocycles. The third kappa shape index (κ3) is 11.7. The van der Waals surface area contributed by atoms with Crippen LogP contribution < -0.4 is 0 Å². The topological polar surface area (TPSA) is 38.7 Å². The molecule has 0 saturated carbocycles. The standard InChI is InChI=1S/C90H99N3/c1-82(2,3)64-34-37-91-79(43-64)58-28-22-55(23-29-58)67-46-73-76(88(16,17)52-85(73,10)11)49-70(67)61-40-62(71-50-77-74(86(12,13)53-89(77,18)19)47-68(71)56-24-30-59(31-25-56)80-44-65(35-38-92-80)83(4,5)6)42-63(41-61)72-51-78-75(87(14,15)54-90(78,20)21)48-69(72)57-26-32-60(33-27-57)81-45-66(36-39-93-81)84(7,8)9/h22-51H,52-54H2,1-21H3. The lowest BCUT2D eigenvalue weighted by Crippen LogP contribution is -2.18. The zero-order chi connectivity index (χ0) is 66.5. The van der Waals surface area contributed by atoms with Gasteiger partial charge in [0.2, 0.25) is 0 Å². The van der Waals surface area contributed by atoms with Crippen LogP contribution >= 0.6 is 0 Å². The van der Waals surface area contributed by atoms with Crippen LogP contribution in [0.2, 0.25) is 0 Å². The Hall–Kier alpha value is -8.01. The fourth-order valence-corrected chi connectivity index (χ4v) is 17.2. The molecule has 7 aromatic carbocycles. The van der Waals surface area contributed by atoms with E-state index >= 15 is 0 Å². The van der Waals surface area contributed by atoms with Crippen molar-refractivity contribution in [3.63, 3.8) is 0 Å². The van der Waals surface area contributed by atoms with E-state index in [9.17, 15) is 0 Å². The molecule has 3 aliphatic carbocycles. The second-order valence-corrected chi connectivity index (χ2v) is 35.2. The van der Waals surface area contributed by atoms with E-state index < -0.39 is 0 Å². The van der Waals surface area contributed by atoms with Gasteiger partial charge in [-0.1, -0.05) is 218 Å². The van der Waals surface area contributed by atoms with Gasteiger partial charge in [0, 0.05) is 35.3 Å². The van der Waals surface area contributed by atoms with E-state index in [-0.39, 0.29) is 48.7 Å². The Morgan fingerprint density at radius 2 is 0.409 bits per heavy atom. The number of pyridine rings is 3. The lowest BCUT2D eigenvalue weighted by atomic mass is 9.79. The van der Waals surface area contributed by atoms with Crippen molar-refractivity contribution >= 4 is 0 Å². The summed E-state index contributed by atoms with van der Waals surface area (Å²) in [5, 5.41) is 0. The van der Waals surface area contributed by atoms with Crippen molar-refractivity contribution in [3.05, 3.63) is 232 Å². The van der Waals surface area contributed by atoms with Gasteiger partial charge in [0.05, 0.1) is 17.1 Å². The van der Waals surface area contributed by atoms with Crippen LogP contribution in [0.1, 0.15) is 215 Å². The molecule has 93 heavy (non-hydrogen) atoms. The van der Waals surface area contributed by atoms with Gasteiger partial charge in [-0.05, 0) is 276 Å². The summed E-state index contributed by atoms with van der Waals surface area (Å²) in [5.41, 5.74) is 33.4. The Bertz CT molecular complexity index is 4110. The normalized spacial score (nSPS) is 17.3. The highest BCUT2D eigenvalue weighted by Crippen LogP contribution is 2.57. The Morgan fingerprint density at radius 1 is 0.226 bits per heavy atom. The number of hydrogen-bond donors (Lipinski definition) is 0. The minimum absolute atomic E-state index is 0.00850. The molecule has 0 amide bonds. The van der Waals surface area contributed by atoms with Crippen molar-refractivity contribution in [1.29, 1.82) is 0 Å². The number of aromatic nitrogens is 3. The first-order chi connectivity index (χ1) is 43.4. The fraction of sp³-hybridized carbons (Fsp3) is 0.367. The molecule has 3 aromatic heterocycles. The zero-order valence-corrected chi connectivity index (χ0v) is 59.8. The minimum atomic E-state index is -0.0390. The maximum absolute atomic E-state index is 4.94. The summed E-state index contributed by atoms with van der Waals surface area (Å²) in [7, 11) is 0. The van der Waals surface area contributed by atoms with Crippen molar-refractivity contribution in [3.8, 4) is 101 Å². The lowest BCUT2D eigenvalue weighted by Gasteiger charge is -2.25. The van der Waals surface area contributed by atoms with Crippen molar-refractivity contribution in [2.24, 2.45) is 0 Å². The van der Waals surface area contributed by atoms with Crippen LogP contribution in [-0.2, 0) is 48.7 Å². The molecule has 3 aliphatic rings. The van der Waals surface area contributed by atoms with Crippen LogP contribution in [0.4, 0.5) is 0 Å². The van der Waals surface area contributed by atoms with Gasteiger partial charge in [-0.2, -0.15) is 0 Å². The van der Waals surface area contributed by atoms with Gasteiger partial charge < -0.3 is 0 Å². The third-order valence-corrected chi connectivity index (χ3v) is 21.7. The summed E-state index contributed by atoms with van der Waals surface area (Å²) >= 11 is 0. The van der Waals surface area contributed by atoms with Crippen molar-refractivity contribution in [2.45, 2.75) is 213 Å². The first kappa shape index (κ1) is 63.7. The highest BCUT2D eigenvalue weighted by atomic mass is 14.7. The Labute approximate surface area is 558 Å². The minimum Gasteiger partial charge on any atom is -0.256 e. The van der Waals surface area contributed by atoms with Gasteiger partial charge in [0.15, 0.2) is 0 Å². The van der Waals surface area contributed by atoms with Gasteiger partial charge in [0.1, 0.15) is 0 Å². The van der Waals surface area contributed by atoms with Crippen LogP contribution in [0, 0.1) is 0 Å². The van der Waals surface area contributed by atoms with Crippen LogP contribution in [0.25, 0.3) is 101 Å². The maximum Gasteiger partial charge on any atom is 0.0704 e. The molecule has 0 radical (unpaired) electrons. The fourth-order valence-electron chi connectivity index (χ4n) is 17.2. The summed E-state index contributed by atoms with van der Waals surface area (Å²) in [6, 6.07) is 64.4. The van der Waals surface area contributed by atoms with Gasteiger partial charge in [-0.15, -0.1) is 0 Å². The molecule has 3 heterocycles. The summed E-state index contributed by atoms with van der Waals surface area (Å²) in [5.74, 6) is 0. The molecule has 474 valence electrons. The van der Waals surface area contributed by atoms with E-state index in [0.717, 1.165) is 53.0 Å². The largest absolute Gasteiger partial charge is 0.256 e. The third-order valence-electron chi connectivity index (χ3n) is 21.7. The highest BCUT2D eigenvalue weighted by molar-refractivity contribution is 5.96. The van der Waals surface area contributed by atoms with Crippen molar-refractivity contribution < 1.29 is 0 Å². The zero-order valence-electron chi connectivity index (χ0n) is 59.8. The van der Waals surface area contributed by atoms with Crippen molar-refractivity contribution in [2.75, 3.05) is 0 Å². The first-order valence-corrected chi connectivity index (χ1v) is 34.3. The van der Waals surface area contributed by atoms with Gasteiger partial charge >= 0.3 is 0 Å². The summed E-state index contributed by atoms with van der Waals surface area (Å²) in [6.45, 7) is 50.0. The van der Waals surface area contributed by atoms with Gasteiger partial charge in [-0.25, -0.2) is 0 Å². The monoisotopic (exact) mass is 1220 g/mol. The Balaban J connectivity index is 1.09. The van der Waals surface area contributed by atoms with E-state index in [1.54, 1.807) is 0 Å². The number of nitrogens with zero attached hydrogens (tertiary/aromatic N) is 3. The molecule has 0 unspecified atom stereocenters. The van der Waals surface area contributed by atoms with Crippen LogP contribution in [0.15, 0.2) is 182 Å². The molecule has 0 saturated heterocycles. The Morgan fingerprint density at radius 3 is 0.602 bits per heavy atom. The molecule has 0 bridgehead atoms. The number of hydrogen-bond acceptors (Lipinski definition) is 3. The van der Waals surface area contributed by atoms with E-state index in [2.05, 4.69) is 309 Å².